The molecule has 1 saturated carbocycles. The van der Waals surface area contributed by atoms with Gasteiger partial charge in [-0.25, -0.2) is 9.97 Å². The summed E-state index contributed by atoms with van der Waals surface area (Å²) >= 11 is 0. The Labute approximate surface area is 71.8 Å². The van der Waals surface area contributed by atoms with E-state index in [9.17, 15) is 0 Å². The SMILES string of the molecule is Cc1ccnc(OCC2CC2)n1. The van der Waals surface area contributed by atoms with Gasteiger partial charge in [0.05, 0.1) is 6.61 Å². The molecule has 1 aliphatic rings. The van der Waals surface area contributed by atoms with E-state index in [-0.39, 0.29) is 0 Å². The number of rotatable bonds is 3. The Morgan fingerprint density at radius 3 is 3.08 bits per heavy atom. The normalized spacial score (nSPS) is 16.1. The molecular weight excluding hydrogens is 152 g/mol. The zero-order valence-corrected chi connectivity index (χ0v) is 7.16. The van der Waals surface area contributed by atoms with Crippen molar-refractivity contribution in [1.29, 1.82) is 0 Å². The van der Waals surface area contributed by atoms with E-state index in [4.69, 9.17) is 4.74 Å². The maximum Gasteiger partial charge on any atom is 0.316 e. The van der Waals surface area contributed by atoms with Gasteiger partial charge in [-0.05, 0) is 31.7 Å². The molecule has 1 aromatic heterocycles. The standard InChI is InChI=1S/C9H12N2O/c1-7-4-5-10-9(11-7)12-6-8-2-3-8/h4-5,8H,2-3,6H2,1H3. The van der Waals surface area contributed by atoms with Gasteiger partial charge in [0.15, 0.2) is 0 Å². The van der Waals surface area contributed by atoms with Crippen molar-refractivity contribution < 1.29 is 4.74 Å². The average Bonchev–Trinajstić information content (AvgIpc) is 2.84. The molecule has 0 amide bonds. The topological polar surface area (TPSA) is 35.0 Å². The number of hydrogen-bond acceptors (Lipinski definition) is 3. The Kier molecular flexibility index (Phi) is 1.94. The fourth-order valence-electron chi connectivity index (χ4n) is 0.972. The van der Waals surface area contributed by atoms with E-state index in [1.165, 1.54) is 12.8 Å². The highest BCUT2D eigenvalue weighted by Gasteiger charge is 2.22. The summed E-state index contributed by atoms with van der Waals surface area (Å²) in [4.78, 5) is 8.15. The molecule has 0 N–H and O–H groups in total. The second-order valence-electron chi connectivity index (χ2n) is 3.23. The second kappa shape index (κ2) is 3.09. The van der Waals surface area contributed by atoms with Crippen LogP contribution < -0.4 is 4.74 Å². The van der Waals surface area contributed by atoms with Crippen molar-refractivity contribution in [3.63, 3.8) is 0 Å². The number of aryl methyl sites for hydroxylation is 1. The highest BCUT2D eigenvalue weighted by Crippen LogP contribution is 2.28. The minimum absolute atomic E-state index is 0.516. The first-order valence-corrected chi connectivity index (χ1v) is 4.27. The number of hydrogen-bond donors (Lipinski definition) is 0. The summed E-state index contributed by atoms with van der Waals surface area (Å²) in [5.74, 6) is 0.758. The lowest BCUT2D eigenvalue weighted by Crippen LogP contribution is -2.02. The summed E-state index contributed by atoms with van der Waals surface area (Å²) in [5.41, 5.74) is 0.954. The Balaban J connectivity index is 1.92. The molecule has 2 rings (SSSR count). The van der Waals surface area contributed by atoms with Gasteiger partial charge in [-0.3, -0.25) is 0 Å². The predicted molar refractivity (Wildman–Crippen MR) is 45.0 cm³/mol. The lowest BCUT2D eigenvalue weighted by molar-refractivity contribution is 0.275. The van der Waals surface area contributed by atoms with Crippen LogP contribution in [0.1, 0.15) is 18.5 Å². The van der Waals surface area contributed by atoms with Gasteiger partial charge >= 0.3 is 6.01 Å². The van der Waals surface area contributed by atoms with Gasteiger partial charge in [-0.15, -0.1) is 0 Å². The molecule has 3 nitrogen and oxygen atoms in total. The van der Waals surface area contributed by atoms with Gasteiger partial charge in [-0.1, -0.05) is 0 Å². The summed E-state index contributed by atoms with van der Waals surface area (Å²) < 4.78 is 5.39. The molecular formula is C9H12N2O. The van der Waals surface area contributed by atoms with E-state index in [1.54, 1.807) is 6.20 Å². The molecule has 0 aromatic carbocycles. The number of nitrogens with zero attached hydrogens (tertiary/aromatic N) is 2. The molecule has 1 aromatic rings. The van der Waals surface area contributed by atoms with E-state index in [2.05, 4.69) is 9.97 Å². The van der Waals surface area contributed by atoms with Crippen molar-refractivity contribution in [3.8, 4) is 6.01 Å². The average molecular weight is 164 g/mol. The highest BCUT2D eigenvalue weighted by atomic mass is 16.5. The van der Waals surface area contributed by atoms with Crippen molar-refractivity contribution >= 4 is 0 Å². The third kappa shape index (κ3) is 1.94. The molecule has 0 unspecified atom stereocenters. The number of aromatic nitrogens is 2. The molecule has 0 atom stereocenters. The van der Waals surface area contributed by atoms with Crippen LogP contribution in [0.25, 0.3) is 0 Å². The lowest BCUT2D eigenvalue weighted by Gasteiger charge is -2.01. The highest BCUT2D eigenvalue weighted by molar-refractivity contribution is 5.03. The molecule has 1 heterocycles. The second-order valence-corrected chi connectivity index (χ2v) is 3.23. The van der Waals surface area contributed by atoms with Crippen molar-refractivity contribution in [2.45, 2.75) is 19.8 Å². The smallest absolute Gasteiger partial charge is 0.316 e. The molecule has 1 fully saturated rings. The Morgan fingerprint density at radius 1 is 1.58 bits per heavy atom. The molecule has 0 radical (unpaired) electrons. The molecule has 3 heteroatoms. The number of ether oxygens (including phenoxy) is 1. The summed E-state index contributed by atoms with van der Waals surface area (Å²) in [6.45, 7) is 2.72. The first-order chi connectivity index (χ1) is 5.84. The largest absolute Gasteiger partial charge is 0.463 e. The fourth-order valence-corrected chi connectivity index (χ4v) is 0.972. The van der Waals surface area contributed by atoms with E-state index < -0.39 is 0 Å². The fraction of sp³-hybridized carbons (Fsp3) is 0.556. The van der Waals surface area contributed by atoms with Crippen molar-refractivity contribution in [3.05, 3.63) is 18.0 Å². The van der Waals surface area contributed by atoms with Gasteiger partial charge in [0.25, 0.3) is 0 Å². The van der Waals surface area contributed by atoms with Crippen LogP contribution in [0, 0.1) is 12.8 Å². The maximum atomic E-state index is 5.39. The third-order valence-electron chi connectivity index (χ3n) is 1.92. The van der Waals surface area contributed by atoms with Gasteiger partial charge in [0.1, 0.15) is 0 Å². The molecule has 0 bridgehead atoms. The van der Waals surface area contributed by atoms with Crippen LogP contribution in [0.15, 0.2) is 12.3 Å². The van der Waals surface area contributed by atoms with Gasteiger partial charge in [0, 0.05) is 11.9 Å². The van der Waals surface area contributed by atoms with Crippen LogP contribution in [-0.4, -0.2) is 16.6 Å². The minimum atomic E-state index is 0.516. The van der Waals surface area contributed by atoms with Crippen LogP contribution in [0.3, 0.4) is 0 Å². The third-order valence-corrected chi connectivity index (χ3v) is 1.92. The summed E-state index contributed by atoms with van der Waals surface area (Å²) in [6, 6.07) is 2.38. The Bertz CT molecular complexity index is 271. The molecule has 0 spiro atoms. The predicted octanol–water partition coefficient (Wildman–Crippen LogP) is 1.57. The van der Waals surface area contributed by atoms with Crippen LogP contribution in [-0.2, 0) is 0 Å². The van der Waals surface area contributed by atoms with Crippen molar-refractivity contribution in [1.82, 2.24) is 9.97 Å². The van der Waals surface area contributed by atoms with E-state index >= 15 is 0 Å². The van der Waals surface area contributed by atoms with Crippen LogP contribution in [0.4, 0.5) is 0 Å². The minimum Gasteiger partial charge on any atom is -0.463 e. The first kappa shape index (κ1) is 7.53. The quantitative estimate of drug-likeness (QED) is 0.680. The van der Waals surface area contributed by atoms with Crippen molar-refractivity contribution in [2.75, 3.05) is 6.61 Å². The van der Waals surface area contributed by atoms with E-state index in [0.29, 0.717) is 6.01 Å². The summed E-state index contributed by atoms with van der Waals surface area (Å²) in [7, 11) is 0. The molecule has 64 valence electrons. The van der Waals surface area contributed by atoms with E-state index in [0.717, 1.165) is 18.2 Å². The lowest BCUT2D eigenvalue weighted by atomic mass is 10.5. The maximum absolute atomic E-state index is 5.39. The summed E-state index contributed by atoms with van der Waals surface area (Å²) in [5, 5.41) is 0. The molecule has 1 aliphatic carbocycles. The zero-order valence-electron chi connectivity index (χ0n) is 7.16. The Hall–Kier alpha value is -1.12. The van der Waals surface area contributed by atoms with Crippen LogP contribution >= 0.6 is 0 Å². The molecule has 0 saturated heterocycles. The zero-order chi connectivity index (χ0) is 8.39. The monoisotopic (exact) mass is 164 g/mol. The van der Waals surface area contributed by atoms with Gasteiger partial charge in [-0.2, -0.15) is 0 Å². The van der Waals surface area contributed by atoms with Crippen LogP contribution in [0.2, 0.25) is 0 Å². The van der Waals surface area contributed by atoms with Gasteiger partial charge in [0.2, 0.25) is 0 Å². The van der Waals surface area contributed by atoms with Crippen LogP contribution in [0.5, 0.6) is 6.01 Å². The molecule has 12 heavy (non-hydrogen) atoms. The summed E-state index contributed by atoms with van der Waals surface area (Å²) in [6.07, 6.45) is 4.32. The van der Waals surface area contributed by atoms with Gasteiger partial charge < -0.3 is 4.74 Å². The van der Waals surface area contributed by atoms with Crippen molar-refractivity contribution in [2.24, 2.45) is 5.92 Å². The Morgan fingerprint density at radius 2 is 2.42 bits per heavy atom. The first-order valence-electron chi connectivity index (χ1n) is 4.27. The van der Waals surface area contributed by atoms with E-state index in [1.807, 2.05) is 13.0 Å². The molecule has 0 aliphatic heterocycles.